The summed E-state index contributed by atoms with van der Waals surface area (Å²) < 4.78 is 0. The Labute approximate surface area is 104 Å². The number of rotatable bonds is 4. The van der Waals surface area contributed by atoms with Crippen molar-refractivity contribution in [1.29, 1.82) is 0 Å². The van der Waals surface area contributed by atoms with Crippen LogP contribution in [0.15, 0.2) is 18.3 Å². The van der Waals surface area contributed by atoms with E-state index in [1.54, 1.807) is 0 Å². The van der Waals surface area contributed by atoms with Crippen molar-refractivity contribution in [1.82, 2.24) is 10.3 Å². The maximum atomic E-state index is 4.60. The van der Waals surface area contributed by atoms with Crippen LogP contribution in [0.1, 0.15) is 32.3 Å². The topological polar surface area (TPSA) is 28.2 Å². The van der Waals surface area contributed by atoms with Gasteiger partial charge in [-0.15, -0.1) is 0 Å². The molecule has 1 atom stereocenters. The summed E-state index contributed by atoms with van der Waals surface area (Å²) in [5, 5.41) is 3.23. The molecule has 0 amide bonds. The lowest BCUT2D eigenvalue weighted by Gasteiger charge is -2.30. The minimum absolute atomic E-state index is 0.653. The van der Waals surface area contributed by atoms with Gasteiger partial charge in [-0.05, 0) is 31.9 Å². The second-order valence-electron chi connectivity index (χ2n) is 5.16. The van der Waals surface area contributed by atoms with Gasteiger partial charge in [0.1, 0.15) is 5.82 Å². The summed E-state index contributed by atoms with van der Waals surface area (Å²) in [4.78, 5) is 7.10. The van der Waals surface area contributed by atoms with Crippen molar-refractivity contribution < 1.29 is 0 Å². The molecule has 94 valence electrons. The Morgan fingerprint density at radius 2 is 2.35 bits per heavy atom. The van der Waals surface area contributed by atoms with E-state index in [1.165, 1.54) is 24.2 Å². The predicted octanol–water partition coefficient (Wildman–Crippen LogP) is 2.43. The molecule has 0 aliphatic carbocycles. The largest absolute Gasteiger partial charge is 0.353 e. The number of anilines is 1. The maximum Gasteiger partial charge on any atom is 0.133 e. The molecule has 0 spiro atoms. The predicted molar refractivity (Wildman–Crippen MR) is 72.2 cm³/mol. The Hall–Kier alpha value is -1.09. The molecule has 1 unspecified atom stereocenters. The van der Waals surface area contributed by atoms with Crippen molar-refractivity contribution >= 4 is 5.82 Å². The van der Waals surface area contributed by atoms with Gasteiger partial charge in [-0.25, -0.2) is 4.98 Å². The summed E-state index contributed by atoms with van der Waals surface area (Å²) in [6, 6.07) is 4.85. The fourth-order valence-corrected chi connectivity index (χ4v) is 2.77. The first-order chi connectivity index (χ1) is 8.24. The molecule has 2 heterocycles. The van der Waals surface area contributed by atoms with Crippen LogP contribution in [-0.4, -0.2) is 24.6 Å². The van der Waals surface area contributed by atoms with Crippen LogP contribution in [-0.2, 0) is 6.54 Å². The second-order valence-corrected chi connectivity index (χ2v) is 5.16. The van der Waals surface area contributed by atoms with Gasteiger partial charge in [0.25, 0.3) is 0 Å². The number of nitrogens with one attached hydrogen (secondary N) is 1. The Kier molecular flexibility index (Phi) is 4.00. The molecule has 1 aromatic rings. The summed E-state index contributed by atoms with van der Waals surface area (Å²) in [5.74, 6) is 1.87. The van der Waals surface area contributed by atoms with Crippen molar-refractivity contribution in [3.05, 3.63) is 23.9 Å². The van der Waals surface area contributed by atoms with Crippen LogP contribution in [0, 0.1) is 5.92 Å². The molecule has 1 N–H and O–H groups in total. The first-order valence-corrected chi connectivity index (χ1v) is 6.59. The normalized spacial score (nSPS) is 20.2. The standard InChI is InChI=1S/C14H23N3/c1-11(2)13-7-5-9-17(13)14-12(10-15-3)6-4-8-16-14/h4,6,8,11,13,15H,5,7,9-10H2,1-3H3. The lowest BCUT2D eigenvalue weighted by atomic mass is 10.0. The zero-order valence-corrected chi connectivity index (χ0v) is 11.1. The van der Waals surface area contributed by atoms with Crippen LogP contribution in [0.5, 0.6) is 0 Å². The Bertz CT molecular complexity index is 362. The number of hydrogen-bond acceptors (Lipinski definition) is 3. The van der Waals surface area contributed by atoms with Crippen molar-refractivity contribution in [3.8, 4) is 0 Å². The van der Waals surface area contributed by atoms with E-state index in [2.05, 4.69) is 35.1 Å². The minimum atomic E-state index is 0.653. The SMILES string of the molecule is CNCc1cccnc1N1CCCC1C(C)C. The van der Waals surface area contributed by atoms with E-state index in [9.17, 15) is 0 Å². The molecule has 3 heteroatoms. The van der Waals surface area contributed by atoms with Crippen LogP contribution in [0.2, 0.25) is 0 Å². The third-order valence-corrected chi connectivity index (χ3v) is 3.58. The summed E-state index contributed by atoms with van der Waals surface area (Å²) in [6.07, 6.45) is 4.50. The molecule has 2 rings (SSSR count). The molecule has 1 aliphatic heterocycles. The maximum absolute atomic E-state index is 4.60. The van der Waals surface area contributed by atoms with Gasteiger partial charge in [0, 0.05) is 30.9 Å². The van der Waals surface area contributed by atoms with Gasteiger partial charge in [-0.1, -0.05) is 19.9 Å². The fourth-order valence-electron chi connectivity index (χ4n) is 2.77. The monoisotopic (exact) mass is 233 g/mol. The van der Waals surface area contributed by atoms with Crippen LogP contribution in [0.25, 0.3) is 0 Å². The van der Waals surface area contributed by atoms with Crippen molar-refractivity contribution in [2.24, 2.45) is 5.92 Å². The summed E-state index contributed by atoms with van der Waals surface area (Å²) in [7, 11) is 1.99. The van der Waals surface area contributed by atoms with Gasteiger partial charge < -0.3 is 10.2 Å². The first-order valence-electron chi connectivity index (χ1n) is 6.59. The smallest absolute Gasteiger partial charge is 0.133 e. The van der Waals surface area contributed by atoms with E-state index in [4.69, 9.17) is 0 Å². The Morgan fingerprint density at radius 1 is 1.53 bits per heavy atom. The van der Waals surface area contributed by atoms with Crippen LogP contribution >= 0.6 is 0 Å². The van der Waals surface area contributed by atoms with Crippen molar-refractivity contribution in [2.45, 2.75) is 39.3 Å². The lowest BCUT2D eigenvalue weighted by Crippen LogP contribution is -2.35. The fraction of sp³-hybridized carbons (Fsp3) is 0.643. The van der Waals surface area contributed by atoms with Gasteiger partial charge in [-0.2, -0.15) is 0 Å². The van der Waals surface area contributed by atoms with E-state index < -0.39 is 0 Å². The van der Waals surface area contributed by atoms with Gasteiger partial charge >= 0.3 is 0 Å². The molecule has 0 aromatic carbocycles. The Morgan fingerprint density at radius 3 is 3.06 bits per heavy atom. The summed E-state index contributed by atoms with van der Waals surface area (Å²) >= 11 is 0. The molecule has 3 nitrogen and oxygen atoms in total. The van der Waals surface area contributed by atoms with Gasteiger partial charge in [-0.3, -0.25) is 0 Å². The number of aromatic nitrogens is 1. The summed E-state index contributed by atoms with van der Waals surface area (Å²) in [6.45, 7) is 6.66. The van der Waals surface area contributed by atoms with Crippen LogP contribution in [0.4, 0.5) is 5.82 Å². The third kappa shape index (κ3) is 2.60. The van der Waals surface area contributed by atoms with E-state index in [0.717, 1.165) is 13.1 Å². The van der Waals surface area contributed by atoms with Crippen molar-refractivity contribution in [2.75, 3.05) is 18.5 Å². The zero-order valence-electron chi connectivity index (χ0n) is 11.1. The minimum Gasteiger partial charge on any atom is -0.353 e. The highest BCUT2D eigenvalue weighted by atomic mass is 15.2. The van der Waals surface area contributed by atoms with Gasteiger partial charge in [0.15, 0.2) is 0 Å². The molecule has 0 bridgehead atoms. The van der Waals surface area contributed by atoms with E-state index in [-0.39, 0.29) is 0 Å². The summed E-state index contributed by atoms with van der Waals surface area (Å²) in [5.41, 5.74) is 1.31. The molecular weight excluding hydrogens is 210 g/mol. The van der Waals surface area contributed by atoms with E-state index in [1.807, 2.05) is 19.3 Å². The van der Waals surface area contributed by atoms with E-state index >= 15 is 0 Å². The van der Waals surface area contributed by atoms with Crippen molar-refractivity contribution in [3.63, 3.8) is 0 Å². The van der Waals surface area contributed by atoms with Crippen LogP contribution < -0.4 is 10.2 Å². The van der Waals surface area contributed by atoms with Gasteiger partial charge in [0.05, 0.1) is 0 Å². The third-order valence-electron chi connectivity index (χ3n) is 3.58. The number of nitrogens with zero attached hydrogens (tertiary/aromatic N) is 2. The highest BCUT2D eigenvalue weighted by Crippen LogP contribution is 2.30. The zero-order chi connectivity index (χ0) is 12.3. The molecule has 1 aliphatic rings. The average Bonchev–Trinajstić information content (AvgIpc) is 2.79. The van der Waals surface area contributed by atoms with Crippen LogP contribution in [0.3, 0.4) is 0 Å². The Balaban J connectivity index is 2.26. The number of pyridine rings is 1. The quantitative estimate of drug-likeness (QED) is 0.865. The highest BCUT2D eigenvalue weighted by Gasteiger charge is 2.29. The molecule has 1 aromatic heterocycles. The molecular formula is C14H23N3. The second kappa shape index (κ2) is 5.50. The van der Waals surface area contributed by atoms with E-state index in [0.29, 0.717) is 12.0 Å². The molecule has 1 fully saturated rings. The first kappa shape index (κ1) is 12.4. The molecule has 1 saturated heterocycles. The lowest BCUT2D eigenvalue weighted by molar-refractivity contribution is 0.488. The highest BCUT2D eigenvalue weighted by molar-refractivity contribution is 5.48. The average molecular weight is 233 g/mol. The number of hydrogen-bond donors (Lipinski definition) is 1. The molecule has 0 saturated carbocycles. The molecule has 17 heavy (non-hydrogen) atoms. The molecule has 0 radical (unpaired) electrons. The van der Waals surface area contributed by atoms with Gasteiger partial charge in [0.2, 0.25) is 0 Å².